The molecule has 1 aliphatic heterocycles. The minimum Gasteiger partial charge on any atom is -0.378 e. The van der Waals surface area contributed by atoms with Crippen LogP contribution in [0.4, 0.5) is 0 Å². The van der Waals surface area contributed by atoms with Crippen molar-refractivity contribution < 1.29 is 9.47 Å². The Balaban J connectivity index is 2.26. The molecule has 2 heteroatoms. The van der Waals surface area contributed by atoms with Gasteiger partial charge in [-0.15, -0.1) is 0 Å². The Kier molecular flexibility index (Phi) is 2.44. The first-order valence-corrected chi connectivity index (χ1v) is 5.38. The predicted octanol–water partition coefficient (Wildman–Crippen LogP) is 2.39. The van der Waals surface area contributed by atoms with Gasteiger partial charge in [0.25, 0.3) is 0 Å². The largest absolute Gasteiger partial charge is 0.378 e. The average Bonchev–Trinajstić information content (AvgIpc) is 2.25. The summed E-state index contributed by atoms with van der Waals surface area (Å²) in [6.45, 7) is 6.14. The maximum Gasteiger partial charge on any atom is 0.0951 e. The number of methoxy groups -OCH3 is 1. The summed E-state index contributed by atoms with van der Waals surface area (Å²) in [6.07, 6.45) is 6.70. The third-order valence-electron chi connectivity index (χ3n) is 3.73. The summed E-state index contributed by atoms with van der Waals surface area (Å²) in [4.78, 5) is 0. The van der Waals surface area contributed by atoms with Crippen molar-refractivity contribution in [2.45, 2.75) is 32.3 Å². The third-order valence-corrected chi connectivity index (χ3v) is 3.73. The van der Waals surface area contributed by atoms with Crippen LogP contribution in [0, 0.1) is 11.3 Å². The highest BCUT2D eigenvalue weighted by atomic mass is 16.5. The highest BCUT2D eigenvalue weighted by Crippen LogP contribution is 2.43. The van der Waals surface area contributed by atoms with Crippen molar-refractivity contribution in [3.8, 4) is 0 Å². The molecule has 1 fully saturated rings. The zero-order chi connectivity index (χ0) is 10.2. The minimum atomic E-state index is -0.0484. The molecule has 0 spiro atoms. The maximum absolute atomic E-state index is 5.75. The summed E-state index contributed by atoms with van der Waals surface area (Å²) < 4.78 is 11.4. The van der Waals surface area contributed by atoms with Gasteiger partial charge in [-0.3, -0.25) is 0 Å². The molecule has 2 nitrogen and oxygen atoms in total. The lowest BCUT2D eigenvalue weighted by atomic mass is 9.71. The normalized spacial score (nSPS) is 40.6. The van der Waals surface area contributed by atoms with Crippen LogP contribution in [0.1, 0.15) is 26.7 Å². The molecule has 1 aliphatic carbocycles. The SMILES string of the molecule is COC12CC=CC(C1)C(C)(C)COC2. The molecule has 0 amide bonds. The summed E-state index contributed by atoms with van der Waals surface area (Å²) in [5.41, 5.74) is 0.199. The van der Waals surface area contributed by atoms with Gasteiger partial charge in [0.15, 0.2) is 0 Å². The Morgan fingerprint density at radius 1 is 1.36 bits per heavy atom. The topological polar surface area (TPSA) is 18.5 Å². The van der Waals surface area contributed by atoms with E-state index in [1.807, 2.05) is 0 Å². The van der Waals surface area contributed by atoms with Gasteiger partial charge in [-0.05, 0) is 24.2 Å². The van der Waals surface area contributed by atoms with E-state index in [0.717, 1.165) is 26.1 Å². The Bertz CT molecular complexity index is 245. The Morgan fingerprint density at radius 3 is 2.86 bits per heavy atom. The van der Waals surface area contributed by atoms with E-state index in [4.69, 9.17) is 9.47 Å². The zero-order valence-electron chi connectivity index (χ0n) is 9.38. The molecule has 2 bridgehead atoms. The molecule has 1 saturated heterocycles. The molecular formula is C12H20O2. The number of rotatable bonds is 1. The monoisotopic (exact) mass is 196 g/mol. The van der Waals surface area contributed by atoms with Crippen molar-refractivity contribution in [3.05, 3.63) is 12.2 Å². The van der Waals surface area contributed by atoms with Crippen LogP contribution < -0.4 is 0 Å². The van der Waals surface area contributed by atoms with Gasteiger partial charge < -0.3 is 9.47 Å². The molecule has 2 atom stereocenters. The smallest absolute Gasteiger partial charge is 0.0951 e. The zero-order valence-corrected chi connectivity index (χ0v) is 9.38. The summed E-state index contributed by atoms with van der Waals surface area (Å²) in [5.74, 6) is 0.596. The molecule has 14 heavy (non-hydrogen) atoms. The lowest BCUT2D eigenvalue weighted by molar-refractivity contribution is -0.0710. The maximum atomic E-state index is 5.75. The first-order chi connectivity index (χ1) is 6.58. The van der Waals surface area contributed by atoms with Crippen molar-refractivity contribution in [2.24, 2.45) is 11.3 Å². The van der Waals surface area contributed by atoms with Crippen LogP contribution in [0.3, 0.4) is 0 Å². The van der Waals surface area contributed by atoms with E-state index in [1.165, 1.54) is 0 Å². The molecule has 0 saturated carbocycles. The van der Waals surface area contributed by atoms with Gasteiger partial charge in [0.2, 0.25) is 0 Å². The molecular weight excluding hydrogens is 176 g/mol. The lowest BCUT2D eigenvalue weighted by Crippen LogP contribution is -2.39. The predicted molar refractivity (Wildman–Crippen MR) is 56.2 cm³/mol. The molecule has 1 heterocycles. The van der Waals surface area contributed by atoms with Crippen molar-refractivity contribution >= 4 is 0 Å². The van der Waals surface area contributed by atoms with Gasteiger partial charge in [0.05, 0.1) is 18.8 Å². The average molecular weight is 196 g/mol. The number of hydrogen-bond donors (Lipinski definition) is 0. The van der Waals surface area contributed by atoms with Gasteiger partial charge in [-0.25, -0.2) is 0 Å². The first-order valence-electron chi connectivity index (χ1n) is 5.38. The van der Waals surface area contributed by atoms with E-state index in [-0.39, 0.29) is 11.0 Å². The molecule has 80 valence electrons. The van der Waals surface area contributed by atoms with E-state index < -0.39 is 0 Å². The van der Waals surface area contributed by atoms with E-state index >= 15 is 0 Å². The standard InChI is InChI=1S/C12H20O2/c1-11(2)8-14-9-12(13-3)6-4-5-10(11)7-12/h4-5,10H,6-9H2,1-3H3. The number of allylic oxidation sites excluding steroid dienone is 1. The van der Waals surface area contributed by atoms with Crippen molar-refractivity contribution in [1.29, 1.82) is 0 Å². The lowest BCUT2D eigenvalue weighted by Gasteiger charge is -2.37. The van der Waals surface area contributed by atoms with Crippen LogP contribution in [0.5, 0.6) is 0 Å². The van der Waals surface area contributed by atoms with E-state index in [2.05, 4.69) is 26.0 Å². The molecule has 0 aromatic carbocycles. The van der Waals surface area contributed by atoms with Crippen LogP contribution in [0.25, 0.3) is 0 Å². The van der Waals surface area contributed by atoms with Crippen LogP contribution in [-0.4, -0.2) is 25.9 Å². The van der Waals surface area contributed by atoms with Gasteiger partial charge in [-0.1, -0.05) is 26.0 Å². The fourth-order valence-electron chi connectivity index (χ4n) is 2.49. The van der Waals surface area contributed by atoms with Gasteiger partial charge in [-0.2, -0.15) is 0 Å². The fourth-order valence-corrected chi connectivity index (χ4v) is 2.49. The summed E-state index contributed by atoms with van der Waals surface area (Å²) in [6, 6.07) is 0. The van der Waals surface area contributed by atoms with Crippen LogP contribution in [-0.2, 0) is 9.47 Å². The number of hydrogen-bond acceptors (Lipinski definition) is 2. The highest BCUT2D eigenvalue weighted by Gasteiger charge is 2.43. The van der Waals surface area contributed by atoms with Crippen LogP contribution >= 0.6 is 0 Å². The second-order valence-corrected chi connectivity index (χ2v) is 5.31. The van der Waals surface area contributed by atoms with Gasteiger partial charge in [0, 0.05) is 7.11 Å². The quantitative estimate of drug-likeness (QED) is 0.599. The van der Waals surface area contributed by atoms with Gasteiger partial charge in [0.1, 0.15) is 0 Å². The van der Waals surface area contributed by atoms with E-state index in [9.17, 15) is 0 Å². The van der Waals surface area contributed by atoms with Crippen molar-refractivity contribution in [2.75, 3.05) is 20.3 Å². The first kappa shape index (κ1) is 10.2. The molecule has 0 aromatic rings. The highest BCUT2D eigenvalue weighted by molar-refractivity contribution is 5.09. The van der Waals surface area contributed by atoms with E-state index in [0.29, 0.717) is 5.92 Å². The minimum absolute atomic E-state index is 0.0484. The Morgan fingerprint density at radius 2 is 2.14 bits per heavy atom. The number of fused-ring (bicyclic) bond motifs is 2. The second-order valence-electron chi connectivity index (χ2n) is 5.31. The molecule has 0 N–H and O–H groups in total. The number of ether oxygens (including phenoxy) is 2. The Hall–Kier alpha value is -0.340. The molecule has 0 aromatic heterocycles. The van der Waals surface area contributed by atoms with Crippen LogP contribution in [0.15, 0.2) is 12.2 Å². The third kappa shape index (κ3) is 1.61. The van der Waals surface area contributed by atoms with Crippen molar-refractivity contribution in [1.82, 2.24) is 0 Å². The Labute approximate surface area is 86.3 Å². The van der Waals surface area contributed by atoms with Gasteiger partial charge >= 0.3 is 0 Å². The fraction of sp³-hybridized carbons (Fsp3) is 0.833. The summed E-state index contributed by atoms with van der Waals surface area (Å²) in [5, 5.41) is 0. The molecule has 0 radical (unpaired) electrons. The summed E-state index contributed by atoms with van der Waals surface area (Å²) in [7, 11) is 1.80. The van der Waals surface area contributed by atoms with Crippen molar-refractivity contribution in [3.63, 3.8) is 0 Å². The second kappa shape index (κ2) is 3.35. The molecule has 2 aliphatic rings. The summed E-state index contributed by atoms with van der Waals surface area (Å²) >= 11 is 0. The van der Waals surface area contributed by atoms with E-state index in [1.54, 1.807) is 7.11 Å². The molecule has 2 unspecified atom stereocenters. The molecule has 2 rings (SSSR count). The van der Waals surface area contributed by atoms with Crippen LogP contribution in [0.2, 0.25) is 0 Å².